The Morgan fingerprint density at radius 2 is 1.92 bits per heavy atom. The highest BCUT2D eigenvalue weighted by Crippen LogP contribution is 2.16. The Kier molecular flexibility index (Phi) is 4.38. The first-order chi connectivity index (χ1) is 11.6. The lowest BCUT2D eigenvalue weighted by Crippen LogP contribution is -2.22. The number of nitrogens with zero attached hydrogens (tertiary/aromatic N) is 2. The fraction of sp³-hybridized carbons (Fsp3) is 0.0556. The lowest BCUT2D eigenvalue weighted by atomic mass is 10.1. The van der Waals surface area contributed by atoms with Crippen LogP contribution < -0.4 is 16.6 Å². The van der Waals surface area contributed by atoms with Crippen LogP contribution in [-0.2, 0) is 0 Å². The predicted octanol–water partition coefficient (Wildman–Crippen LogP) is 2.80. The number of anilines is 1. The fourth-order valence-electron chi connectivity index (χ4n) is 2.27. The second-order valence-electron chi connectivity index (χ2n) is 5.31. The van der Waals surface area contributed by atoms with Crippen molar-refractivity contribution in [3.05, 3.63) is 76.6 Å². The number of rotatable bonds is 3. The summed E-state index contributed by atoms with van der Waals surface area (Å²) in [4.78, 5) is 22.9. The molecule has 6 nitrogen and oxygen atoms in total. The van der Waals surface area contributed by atoms with Crippen LogP contribution in [-0.4, -0.2) is 15.9 Å². The zero-order valence-electron chi connectivity index (χ0n) is 13.2. The van der Waals surface area contributed by atoms with Gasteiger partial charge in [-0.1, -0.05) is 42.5 Å². The van der Waals surface area contributed by atoms with Crippen LogP contribution in [0.1, 0.15) is 5.56 Å². The Labute approximate surface area is 139 Å². The van der Waals surface area contributed by atoms with E-state index in [1.807, 2.05) is 61.5 Å². The Morgan fingerprint density at radius 3 is 2.67 bits per heavy atom. The quantitative estimate of drug-likeness (QED) is 0.511. The molecule has 1 aromatic heterocycles. The summed E-state index contributed by atoms with van der Waals surface area (Å²) in [5.74, 6) is 0.299. The Morgan fingerprint density at radius 1 is 1.12 bits per heavy atom. The van der Waals surface area contributed by atoms with E-state index >= 15 is 0 Å². The standard InChI is InChI=1S/C18H17N5O/c1-12-6-5-9-14(10-12)20-17(19)23-18-21-15(11-16(24)22-18)13-7-3-2-4-8-13/h2-11H,1H3,(H4,19,20,21,22,23,24). The highest BCUT2D eigenvalue weighted by Gasteiger charge is 2.04. The number of aromatic amines is 1. The van der Waals surface area contributed by atoms with Crippen molar-refractivity contribution in [2.45, 2.75) is 6.92 Å². The van der Waals surface area contributed by atoms with Crippen molar-refractivity contribution in [1.82, 2.24) is 9.97 Å². The molecule has 0 aliphatic rings. The summed E-state index contributed by atoms with van der Waals surface area (Å²) in [5.41, 5.74) is 8.92. The van der Waals surface area contributed by atoms with Crippen molar-refractivity contribution in [1.29, 1.82) is 0 Å². The van der Waals surface area contributed by atoms with Crippen molar-refractivity contribution in [2.24, 2.45) is 10.7 Å². The van der Waals surface area contributed by atoms with E-state index in [9.17, 15) is 4.79 Å². The molecule has 6 heteroatoms. The van der Waals surface area contributed by atoms with Crippen LogP contribution in [0.25, 0.3) is 11.3 Å². The van der Waals surface area contributed by atoms with Crippen LogP contribution in [0.4, 0.5) is 11.6 Å². The van der Waals surface area contributed by atoms with Gasteiger partial charge in [-0.2, -0.15) is 4.99 Å². The second kappa shape index (κ2) is 6.78. The molecule has 0 radical (unpaired) electrons. The van der Waals surface area contributed by atoms with Gasteiger partial charge in [-0.15, -0.1) is 0 Å². The average molecular weight is 319 g/mol. The molecule has 0 amide bonds. The van der Waals surface area contributed by atoms with Gasteiger partial charge < -0.3 is 11.1 Å². The molecule has 0 spiro atoms. The molecule has 0 fully saturated rings. The maximum atomic E-state index is 11.8. The third-order valence-corrected chi connectivity index (χ3v) is 3.32. The molecule has 0 saturated carbocycles. The van der Waals surface area contributed by atoms with Gasteiger partial charge in [0.25, 0.3) is 5.56 Å². The number of nitrogens with one attached hydrogen (secondary N) is 2. The molecule has 0 saturated heterocycles. The number of hydrogen-bond acceptors (Lipinski definition) is 3. The third kappa shape index (κ3) is 3.86. The molecule has 120 valence electrons. The summed E-state index contributed by atoms with van der Waals surface area (Å²) in [6.07, 6.45) is 0. The Balaban J connectivity index is 1.89. The van der Waals surface area contributed by atoms with Crippen LogP contribution in [0, 0.1) is 6.92 Å². The first-order valence-electron chi connectivity index (χ1n) is 7.45. The fourth-order valence-corrected chi connectivity index (χ4v) is 2.27. The number of benzene rings is 2. The highest BCUT2D eigenvalue weighted by molar-refractivity contribution is 5.93. The van der Waals surface area contributed by atoms with Crippen LogP contribution >= 0.6 is 0 Å². The summed E-state index contributed by atoms with van der Waals surface area (Å²) >= 11 is 0. The van der Waals surface area contributed by atoms with Gasteiger partial charge in [0, 0.05) is 17.3 Å². The number of H-pyrrole nitrogens is 1. The van der Waals surface area contributed by atoms with Crippen LogP contribution in [0.3, 0.4) is 0 Å². The number of aryl methyl sites for hydroxylation is 1. The SMILES string of the molecule is Cc1cccc(N/C(N)=N/c2nc(-c3ccccc3)cc(=O)[nH]2)c1. The van der Waals surface area contributed by atoms with E-state index < -0.39 is 0 Å². The molecule has 4 N–H and O–H groups in total. The largest absolute Gasteiger partial charge is 0.369 e. The van der Waals surface area contributed by atoms with E-state index in [0.29, 0.717) is 5.69 Å². The van der Waals surface area contributed by atoms with Crippen molar-refractivity contribution >= 4 is 17.6 Å². The molecule has 3 aromatic rings. The van der Waals surface area contributed by atoms with Gasteiger partial charge in [-0.25, -0.2) is 4.98 Å². The van der Waals surface area contributed by atoms with Gasteiger partial charge in [0.1, 0.15) is 0 Å². The molecule has 0 aliphatic carbocycles. The minimum Gasteiger partial charge on any atom is -0.369 e. The van der Waals surface area contributed by atoms with Crippen molar-refractivity contribution in [2.75, 3.05) is 5.32 Å². The normalized spacial score (nSPS) is 11.3. The van der Waals surface area contributed by atoms with Gasteiger partial charge in [-0.05, 0) is 24.6 Å². The van der Waals surface area contributed by atoms with E-state index in [-0.39, 0.29) is 17.5 Å². The first-order valence-corrected chi connectivity index (χ1v) is 7.45. The summed E-state index contributed by atoms with van der Waals surface area (Å²) in [7, 11) is 0. The predicted molar refractivity (Wildman–Crippen MR) is 96.4 cm³/mol. The van der Waals surface area contributed by atoms with Gasteiger partial charge in [0.05, 0.1) is 5.69 Å². The zero-order valence-corrected chi connectivity index (χ0v) is 13.2. The van der Waals surface area contributed by atoms with E-state index in [2.05, 4.69) is 20.3 Å². The van der Waals surface area contributed by atoms with Crippen LogP contribution in [0.5, 0.6) is 0 Å². The zero-order chi connectivity index (χ0) is 16.9. The van der Waals surface area contributed by atoms with Gasteiger partial charge in [-0.3, -0.25) is 9.78 Å². The number of nitrogens with two attached hydrogens (primary N) is 1. The number of hydrogen-bond donors (Lipinski definition) is 3. The van der Waals surface area contributed by atoms with E-state index in [0.717, 1.165) is 16.8 Å². The maximum Gasteiger partial charge on any atom is 0.252 e. The molecule has 0 bridgehead atoms. The highest BCUT2D eigenvalue weighted by atomic mass is 16.1. The maximum absolute atomic E-state index is 11.8. The minimum atomic E-state index is -0.286. The molecule has 1 heterocycles. The first kappa shape index (κ1) is 15.5. The molecule has 2 aromatic carbocycles. The Hall–Kier alpha value is -3.41. The van der Waals surface area contributed by atoms with Crippen molar-refractivity contribution in [3.8, 4) is 11.3 Å². The monoisotopic (exact) mass is 319 g/mol. The third-order valence-electron chi connectivity index (χ3n) is 3.32. The van der Waals surface area contributed by atoms with E-state index in [1.54, 1.807) is 0 Å². The van der Waals surface area contributed by atoms with Gasteiger partial charge in [0.2, 0.25) is 11.9 Å². The van der Waals surface area contributed by atoms with Crippen LogP contribution in [0.2, 0.25) is 0 Å². The topological polar surface area (TPSA) is 96.2 Å². The molecule has 0 unspecified atom stereocenters. The summed E-state index contributed by atoms with van der Waals surface area (Å²) < 4.78 is 0. The smallest absolute Gasteiger partial charge is 0.252 e. The van der Waals surface area contributed by atoms with Crippen molar-refractivity contribution in [3.63, 3.8) is 0 Å². The Bertz CT molecular complexity index is 931. The summed E-state index contributed by atoms with van der Waals surface area (Å²) in [5, 5.41) is 2.98. The molecular formula is C18H17N5O. The van der Waals surface area contributed by atoms with Gasteiger partial charge in [0.15, 0.2) is 0 Å². The minimum absolute atomic E-state index is 0.147. The second-order valence-corrected chi connectivity index (χ2v) is 5.31. The number of guanidine groups is 1. The van der Waals surface area contributed by atoms with Crippen LogP contribution in [0.15, 0.2) is 70.5 Å². The van der Waals surface area contributed by atoms with E-state index in [4.69, 9.17) is 5.73 Å². The van der Waals surface area contributed by atoms with Gasteiger partial charge >= 0.3 is 0 Å². The molecule has 24 heavy (non-hydrogen) atoms. The lowest BCUT2D eigenvalue weighted by Gasteiger charge is -2.06. The van der Waals surface area contributed by atoms with Crippen molar-refractivity contribution < 1.29 is 0 Å². The number of aliphatic imine (C=N–C) groups is 1. The lowest BCUT2D eigenvalue weighted by molar-refractivity contribution is 1.10. The molecule has 3 rings (SSSR count). The summed E-state index contributed by atoms with van der Waals surface area (Å²) in [6.45, 7) is 1.99. The average Bonchev–Trinajstić information content (AvgIpc) is 2.55. The van der Waals surface area contributed by atoms with E-state index in [1.165, 1.54) is 6.07 Å². The molecule has 0 atom stereocenters. The molecular weight excluding hydrogens is 302 g/mol. The number of aromatic nitrogens is 2. The summed E-state index contributed by atoms with van der Waals surface area (Å²) in [6, 6.07) is 18.6. The molecule has 0 aliphatic heterocycles.